The summed E-state index contributed by atoms with van der Waals surface area (Å²) in [4.78, 5) is 20.2. The van der Waals surface area contributed by atoms with Crippen LogP contribution in [0.25, 0.3) is 0 Å². The molecule has 0 aliphatic heterocycles. The van der Waals surface area contributed by atoms with Crippen molar-refractivity contribution in [1.82, 2.24) is 9.97 Å². The van der Waals surface area contributed by atoms with Crippen LogP contribution >= 0.6 is 27.3 Å². The molecule has 0 aliphatic carbocycles. The molecule has 2 aromatic heterocycles. The quantitative estimate of drug-likeness (QED) is 0.922. The molecule has 0 aliphatic rings. The molecular formula is C9H6BrN3OS. The average molecular weight is 284 g/mol. The Balaban J connectivity index is 2.09. The standard InChI is InChI=1S/C9H6BrN3OS/c10-7-4-12-8(5-11-7)13-9(14)6-2-1-3-15-6/h1-5H,(H,12,13,14). The van der Waals surface area contributed by atoms with Gasteiger partial charge in [0.1, 0.15) is 4.60 Å². The molecule has 6 heteroatoms. The maximum Gasteiger partial charge on any atom is 0.266 e. The van der Waals surface area contributed by atoms with Gasteiger partial charge in [-0.15, -0.1) is 11.3 Å². The highest BCUT2D eigenvalue weighted by Crippen LogP contribution is 2.11. The van der Waals surface area contributed by atoms with E-state index in [1.807, 2.05) is 11.4 Å². The van der Waals surface area contributed by atoms with Crippen LogP contribution in [0.4, 0.5) is 5.82 Å². The van der Waals surface area contributed by atoms with Gasteiger partial charge >= 0.3 is 0 Å². The largest absolute Gasteiger partial charge is 0.305 e. The summed E-state index contributed by atoms with van der Waals surface area (Å²) in [6, 6.07) is 3.58. The second-order valence-electron chi connectivity index (χ2n) is 2.66. The van der Waals surface area contributed by atoms with Crippen LogP contribution in [0, 0.1) is 0 Å². The molecule has 0 unspecified atom stereocenters. The highest BCUT2D eigenvalue weighted by atomic mass is 79.9. The van der Waals surface area contributed by atoms with Gasteiger partial charge in [0.15, 0.2) is 5.82 Å². The topological polar surface area (TPSA) is 54.9 Å². The van der Waals surface area contributed by atoms with Gasteiger partial charge in [-0.25, -0.2) is 9.97 Å². The van der Waals surface area contributed by atoms with E-state index in [2.05, 4.69) is 31.2 Å². The van der Waals surface area contributed by atoms with E-state index in [1.54, 1.807) is 6.07 Å². The minimum atomic E-state index is -0.165. The highest BCUT2D eigenvalue weighted by Gasteiger charge is 2.07. The van der Waals surface area contributed by atoms with Crippen molar-refractivity contribution >= 4 is 39.0 Å². The van der Waals surface area contributed by atoms with Gasteiger partial charge in [-0.3, -0.25) is 4.79 Å². The molecule has 0 radical (unpaired) electrons. The number of aromatic nitrogens is 2. The zero-order valence-corrected chi connectivity index (χ0v) is 9.88. The Morgan fingerprint density at radius 2 is 2.27 bits per heavy atom. The van der Waals surface area contributed by atoms with Gasteiger partial charge in [0.05, 0.1) is 17.3 Å². The predicted octanol–water partition coefficient (Wildman–Crippen LogP) is 2.55. The molecule has 76 valence electrons. The van der Waals surface area contributed by atoms with Gasteiger partial charge in [-0.05, 0) is 27.4 Å². The van der Waals surface area contributed by atoms with Gasteiger partial charge in [0, 0.05) is 0 Å². The van der Waals surface area contributed by atoms with E-state index < -0.39 is 0 Å². The number of halogens is 1. The number of thiophene rings is 1. The van der Waals surface area contributed by atoms with Crippen LogP contribution in [0.1, 0.15) is 9.67 Å². The van der Waals surface area contributed by atoms with E-state index in [1.165, 1.54) is 23.7 Å². The van der Waals surface area contributed by atoms with Gasteiger partial charge in [-0.2, -0.15) is 0 Å². The molecular weight excluding hydrogens is 278 g/mol. The Hall–Kier alpha value is -1.27. The third-order valence-electron chi connectivity index (χ3n) is 1.61. The number of nitrogens with one attached hydrogen (secondary N) is 1. The summed E-state index contributed by atoms with van der Waals surface area (Å²) in [5.74, 6) is 0.276. The second-order valence-corrected chi connectivity index (χ2v) is 4.42. The first-order chi connectivity index (χ1) is 7.25. The first-order valence-electron chi connectivity index (χ1n) is 4.08. The lowest BCUT2D eigenvalue weighted by Gasteiger charge is -2.01. The van der Waals surface area contributed by atoms with Gasteiger partial charge in [0.2, 0.25) is 0 Å². The van der Waals surface area contributed by atoms with Crippen molar-refractivity contribution in [3.63, 3.8) is 0 Å². The highest BCUT2D eigenvalue weighted by molar-refractivity contribution is 9.10. The van der Waals surface area contributed by atoms with Gasteiger partial charge < -0.3 is 5.32 Å². The molecule has 0 fully saturated rings. The number of hydrogen-bond donors (Lipinski definition) is 1. The number of nitrogens with zero attached hydrogens (tertiary/aromatic N) is 2. The zero-order chi connectivity index (χ0) is 10.7. The molecule has 0 aromatic carbocycles. The lowest BCUT2D eigenvalue weighted by Crippen LogP contribution is -2.11. The molecule has 0 bridgehead atoms. The monoisotopic (exact) mass is 283 g/mol. The minimum Gasteiger partial charge on any atom is -0.305 e. The van der Waals surface area contributed by atoms with Crippen LogP contribution in [0.5, 0.6) is 0 Å². The lowest BCUT2D eigenvalue weighted by atomic mass is 10.4. The molecule has 1 N–H and O–H groups in total. The summed E-state index contributed by atoms with van der Waals surface area (Å²) in [5.41, 5.74) is 0. The van der Waals surface area contributed by atoms with Crippen LogP contribution in [0.3, 0.4) is 0 Å². The summed E-state index contributed by atoms with van der Waals surface area (Å²) in [6.45, 7) is 0. The molecule has 15 heavy (non-hydrogen) atoms. The number of carbonyl (C=O) groups excluding carboxylic acids is 1. The van der Waals surface area contributed by atoms with Crippen molar-refractivity contribution in [3.8, 4) is 0 Å². The van der Waals surface area contributed by atoms with E-state index in [-0.39, 0.29) is 5.91 Å². The number of rotatable bonds is 2. The molecule has 4 nitrogen and oxygen atoms in total. The van der Waals surface area contributed by atoms with E-state index >= 15 is 0 Å². The Labute approximate surface area is 98.5 Å². The first kappa shape index (κ1) is 10.3. The van der Waals surface area contributed by atoms with Crippen molar-refractivity contribution < 1.29 is 4.79 Å². The fourth-order valence-corrected chi connectivity index (χ4v) is 1.79. The van der Waals surface area contributed by atoms with Crippen LogP contribution in [-0.4, -0.2) is 15.9 Å². The van der Waals surface area contributed by atoms with Gasteiger partial charge in [-0.1, -0.05) is 6.07 Å². The fraction of sp³-hybridized carbons (Fsp3) is 0. The SMILES string of the molecule is O=C(Nc1cnc(Br)cn1)c1cccs1. The third-order valence-corrected chi connectivity index (χ3v) is 2.89. The summed E-state index contributed by atoms with van der Waals surface area (Å²) < 4.78 is 0.636. The van der Waals surface area contributed by atoms with Crippen molar-refractivity contribution in [2.24, 2.45) is 0 Å². The van der Waals surface area contributed by atoms with Crippen LogP contribution in [0.15, 0.2) is 34.5 Å². The smallest absolute Gasteiger partial charge is 0.266 e. The predicted molar refractivity (Wildman–Crippen MR) is 62.0 cm³/mol. The molecule has 2 heterocycles. The third kappa shape index (κ3) is 2.60. The fourth-order valence-electron chi connectivity index (χ4n) is 0.963. The minimum absolute atomic E-state index is 0.165. The van der Waals surface area contributed by atoms with Gasteiger partial charge in [0.25, 0.3) is 5.91 Å². The summed E-state index contributed by atoms with van der Waals surface area (Å²) in [5, 5.41) is 4.50. The molecule has 2 aromatic rings. The molecule has 1 amide bonds. The molecule has 2 rings (SSSR count). The second kappa shape index (κ2) is 4.50. The van der Waals surface area contributed by atoms with E-state index in [0.717, 1.165) is 0 Å². The maximum atomic E-state index is 11.6. The lowest BCUT2D eigenvalue weighted by molar-refractivity contribution is 0.103. The van der Waals surface area contributed by atoms with E-state index in [4.69, 9.17) is 0 Å². The molecule has 0 saturated carbocycles. The van der Waals surface area contributed by atoms with E-state index in [9.17, 15) is 4.79 Å². The summed E-state index contributed by atoms with van der Waals surface area (Å²) in [6.07, 6.45) is 3.03. The van der Waals surface area contributed by atoms with Crippen molar-refractivity contribution in [1.29, 1.82) is 0 Å². The van der Waals surface area contributed by atoms with Crippen molar-refractivity contribution in [2.45, 2.75) is 0 Å². The van der Waals surface area contributed by atoms with Crippen LogP contribution in [0.2, 0.25) is 0 Å². The van der Waals surface area contributed by atoms with E-state index in [0.29, 0.717) is 15.3 Å². The van der Waals surface area contributed by atoms with Crippen molar-refractivity contribution in [3.05, 3.63) is 39.4 Å². The Kier molecular flexibility index (Phi) is 3.08. The van der Waals surface area contributed by atoms with Crippen molar-refractivity contribution in [2.75, 3.05) is 5.32 Å². The maximum absolute atomic E-state index is 11.6. The molecule has 0 saturated heterocycles. The van der Waals surface area contributed by atoms with Crippen LogP contribution < -0.4 is 5.32 Å². The Morgan fingerprint density at radius 1 is 1.40 bits per heavy atom. The normalized spacial score (nSPS) is 9.93. The molecule has 0 spiro atoms. The number of anilines is 1. The average Bonchev–Trinajstić information content (AvgIpc) is 2.74. The zero-order valence-electron chi connectivity index (χ0n) is 7.48. The number of amides is 1. The summed E-state index contributed by atoms with van der Waals surface area (Å²) >= 11 is 4.55. The Morgan fingerprint density at radius 3 is 2.87 bits per heavy atom. The summed E-state index contributed by atoms with van der Waals surface area (Å²) in [7, 11) is 0. The number of hydrogen-bond acceptors (Lipinski definition) is 4. The number of carbonyl (C=O) groups is 1. The Bertz CT molecular complexity index is 455. The first-order valence-corrected chi connectivity index (χ1v) is 5.75. The van der Waals surface area contributed by atoms with Crippen LogP contribution in [-0.2, 0) is 0 Å². The molecule has 0 atom stereocenters.